The molecule has 0 radical (unpaired) electrons. The maximum Gasteiger partial charge on any atom is 0.151 e. The number of likely N-dealkylation sites (tertiary alicyclic amines) is 1. The molecule has 15 heavy (non-hydrogen) atoms. The molecule has 2 atom stereocenters. The Morgan fingerprint density at radius 3 is 2.67 bits per heavy atom. The lowest BCUT2D eigenvalue weighted by molar-refractivity contribution is 0.241. The lowest BCUT2D eigenvalue weighted by atomic mass is 10.0. The van der Waals surface area contributed by atoms with E-state index in [1.54, 1.807) is 0 Å². The second-order valence-corrected chi connectivity index (χ2v) is 7.32. The predicted molar refractivity (Wildman–Crippen MR) is 60.7 cm³/mol. The van der Waals surface area contributed by atoms with Crippen molar-refractivity contribution >= 4 is 9.84 Å². The third-order valence-electron chi connectivity index (χ3n) is 3.83. The minimum atomic E-state index is -2.74. The van der Waals surface area contributed by atoms with E-state index in [9.17, 15) is 8.42 Å². The van der Waals surface area contributed by atoms with Gasteiger partial charge in [-0.1, -0.05) is 0 Å². The minimum Gasteiger partial charge on any atom is -0.313 e. The Bertz CT molecular complexity index is 341. The average Bonchev–Trinajstić information content (AvgIpc) is 2.71. The fourth-order valence-corrected chi connectivity index (χ4v) is 4.34. The van der Waals surface area contributed by atoms with Crippen molar-refractivity contribution in [2.75, 3.05) is 31.6 Å². The molecule has 1 N–H and O–H groups in total. The van der Waals surface area contributed by atoms with E-state index in [2.05, 4.69) is 17.1 Å². The summed E-state index contributed by atoms with van der Waals surface area (Å²) >= 11 is 0. The van der Waals surface area contributed by atoms with Crippen molar-refractivity contribution in [2.45, 2.75) is 31.3 Å². The molecule has 2 rings (SSSR count). The fourth-order valence-electron chi connectivity index (χ4n) is 2.58. The summed E-state index contributed by atoms with van der Waals surface area (Å²) in [6.45, 7) is 4.21. The summed E-state index contributed by atoms with van der Waals surface area (Å²) in [5, 5.41) is 3.32. The molecule has 0 spiro atoms. The normalized spacial score (nSPS) is 41.1. The minimum absolute atomic E-state index is 0.173. The molecule has 2 heterocycles. The van der Waals surface area contributed by atoms with E-state index in [1.807, 2.05) is 7.05 Å². The number of hydrogen-bond acceptors (Lipinski definition) is 4. The summed E-state index contributed by atoms with van der Waals surface area (Å²) in [6, 6.07) is 0.269. The Morgan fingerprint density at radius 1 is 1.47 bits per heavy atom. The van der Waals surface area contributed by atoms with Gasteiger partial charge < -0.3 is 5.32 Å². The molecule has 0 bridgehead atoms. The van der Waals surface area contributed by atoms with Crippen molar-refractivity contribution in [3.8, 4) is 0 Å². The lowest BCUT2D eigenvalue weighted by Crippen LogP contribution is -2.44. The molecule has 2 fully saturated rings. The first-order valence-electron chi connectivity index (χ1n) is 5.57. The third-order valence-corrected chi connectivity index (χ3v) is 5.58. The summed E-state index contributed by atoms with van der Waals surface area (Å²) < 4.78 is 22.8. The SMILES string of the molecule is CNC1(C)CCN(C2CCS(=O)(=O)C2)C1. The topological polar surface area (TPSA) is 49.4 Å². The van der Waals surface area contributed by atoms with Gasteiger partial charge in [0.2, 0.25) is 0 Å². The summed E-state index contributed by atoms with van der Waals surface area (Å²) in [4.78, 5) is 2.33. The van der Waals surface area contributed by atoms with Crippen LogP contribution in [0.5, 0.6) is 0 Å². The molecule has 0 aliphatic carbocycles. The lowest BCUT2D eigenvalue weighted by Gasteiger charge is -2.27. The van der Waals surface area contributed by atoms with E-state index in [4.69, 9.17) is 0 Å². The van der Waals surface area contributed by atoms with Crippen LogP contribution >= 0.6 is 0 Å². The summed E-state index contributed by atoms with van der Waals surface area (Å²) in [5.41, 5.74) is 0.173. The Kier molecular flexibility index (Phi) is 2.81. The largest absolute Gasteiger partial charge is 0.313 e. The summed E-state index contributed by atoms with van der Waals surface area (Å²) in [6.07, 6.45) is 1.93. The van der Waals surface area contributed by atoms with Gasteiger partial charge >= 0.3 is 0 Å². The Balaban J connectivity index is 1.98. The second kappa shape index (κ2) is 3.71. The number of rotatable bonds is 2. The van der Waals surface area contributed by atoms with Gasteiger partial charge in [0.05, 0.1) is 11.5 Å². The van der Waals surface area contributed by atoms with E-state index < -0.39 is 9.84 Å². The maximum absolute atomic E-state index is 11.4. The van der Waals surface area contributed by atoms with Gasteiger partial charge in [0.15, 0.2) is 9.84 Å². The van der Waals surface area contributed by atoms with Crippen LogP contribution < -0.4 is 5.32 Å². The first-order chi connectivity index (χ1) is 6.94. The molecule has 2 saturated heterocycles. The van der Waals surface area contributed by atoms with Crippen molar-refractivity contribution in [2.24, 2.45) is 0 Å². The molecule has 88 valence electrons. The van der Waals surface area contributed by atoms with Crippen LogP contribution in [0.4, 0.5) is 0 Å². The van der Waals surface area contributed by atoms with E-state index in [0.717, 1.165) is 25.9 Å². The molecular weight excluding hydrogens is 212 g/mol. The second-order valence-electron chi connectivity index (χ2n) is 5.09. The predicted octanol–water partition coefficient (Wildman–Crippen LogP) is -0.143. The van der Waals surface area contributed by atoms with Crippen LogP contribution in [0.25, 0.3) is 0 Å². The van der Waals surface area contributed by atoms with Crippen LogP contribution in [0, 0.1) is 0 Å². The molecule has 0 aromatic rings. The van der Waals surface area contributed by atoms with Crippen LogP contribution in [0.15, 0.2) is 0 Å². The molecule has 0 amide bonds. The van der Waals surface area contributed by atoms with Crippen molar-refractivity contribution in [3.05, 3.63) is 0 Å². The maximum atomic E-state index is 11.4. The van der Waals surface area contributed by atoms with E-state index in [1.165, 1.54) is 0 Å². The van der Waals surface area contributed by atoms with Crippen molar-refractivity contribution in [1.82, 2.24) is 10.2 Å². The van der Waals surface area contributed by atoms with E-state index in [0.29, 0.717) is 11.5 Å². The van der Waals surface area contributed by atoms with Gasteiger partial charge in [-0.25, -0.2) is 8.42 Å². The standard InChI is InChI=1S/C10H20N2O2S/c1-10(11-2)4-5-12(8-10)9-3-6-15(13,14)7-9/h9,11H,3-8H2,1-2H3. The van der Waals surface area contributed by atoms with Gasteiger partial charge in [-0.2, -0.15) is 0 Å². The average molecular weight is 232 g/mol. The zero-order chi connectivity index (χ0) is 11.1. The van der Waals surface area contributed by atoms with Crippen LogP contribution in [0.1, 0.15) is 19.8 Å². The van der Waals surface area contributed by atoms with Gasteiger partial charge in [-0.15, -0.1) is 0 Å². The fraction of sp³-hybridized carbons (Fsp3) is 1.00. The van der Waals surface area contributed by atoms with Gasteiger partial charge in [-0.3, -0.25) is 4.90 Å². The Hall–Kier alpha value is -0.130. The highest BCUT2D eigenvalue weighted by molar-refractivity contribution is 7.91. The molecular formula is C10H20N2O2S. The van der Waals surface area contributed by atoms with Crippen molar-refractivity contribution < 1.29 is 8.42 Å². The molecule has 5 heteroatoms. The quantitative estimate of drug-likeness (QED) is 0.720. The highest BCUT2D eigenvalue weighted by Gasteiger charge is 2.39. The van der Waals surface area contributed by atoms with Crippen molar-refractivity contribution in [1.29, 1.82) is 0 Å². The summed E-state index contributed by atoms with van der Waals surface area (Å²) in [5.74, 6) is 0.747. The molecule has 2 aliphatic rings. The van der Waals surface area contributed by atoms with Crippen LogP contribution in [0.2, 0.25) is 0 Å². The van der Waals surface area contributed by atoms with Crippen LogP contribution in [0.3, 0.4) is 0 Å². The molecule has 0 aromatic carbocycles. The number of likely N-dealkylation sites (N-methyl/N-ethyl adjacent to an activating group) is 1. The van der Waals surface area contributed by atoms with Crippen molar-refractivity contribution in [3.63, 3.8) is 0 Å². The highest BCUT2D eigenvalue weighted by atomic mass is 32.2. The highest BCUT2D eigenvalue weighted by Crippen LogP contribution is 2.26. The smallest absolute Gasteiger partial charge is 0.151 e. The van der Waals surface area contributed by atoms with E-state index in [-0.39, 0.29) is 11.6 Å². The monoisotopic (exact) mass is 232 g/mol. The number of hydrogen-bond donors (Lipinski definition) is 1. The number of sulfone groups is 1. The van der Waals surface area contributed by atoms with Gasteiger partial charge in [0.1, 0.15) is 0 Å². The Labute approximate surface area is 91.9 Å². The zero-order valence-electron chi connectivity index (χ0n) is 9.49. The van der Waals surface area contributed by atoms with E-state index >= 15 is 0 Å². The third kappa shape index (κ3) is 2.34. The molecule has 2 unspecified atom stereocenters. The molecule has 4 nitrogen and oxygen atoms in total. The van der Waals surface area contributed by atoms with Gasteiger partial charge in [0.25, 0.3) is 0 Å². The number of nitrogens with zero attached hydrogens (tertiary/aromatic N) is 1. The summed E-state index contributed by atoms with van der Waals surface area (Å²) in [7, 11) is -0.758. The van der Waals surface area contributed by atoms with Crippen LogP contribution in [-0.2, 0) is 9.84 Å². The zero-order valence-corrected chi connectivity index (χ0v) is 10.3. The van der Waals surface area contributed by atoms with Gasteiger partial charge in [-0.05, 0) is 26.8 Å². The number of nitrogens with one attached hydrogen (secondary N) is 1. The van der Waals surface area contributed by atoms with Crippen LogP contribution in [-0.4, -0.2) is 56.5 Å². The van der Waals surface area contributed by atoms with Gasteiger partial charge in [0, 0.05) is 24.7 Å². The molecule has 2 aliphatic heterocycles. The first kappa shape index (κ1) is 11.4. The Morgan fingerprint density at radius 2 is 2.20 bits per heavy atom. The molecule has 0 aromatic heterocycles. The first-order valence-corrected chi connectivity index (χ1v) is 7.40. The molecule has 0 saturated carbocycles.